The third kappa shape index (κ3) is 3.68. The summed E-state index contributed by atoms with van der Waals surface area (Å²) in [7, 11) is 0. The van der Waals surface area contributed by atoms with Crippen LogP contribution in [0.4, 0.5) is 0 Å². The standard InChI is InChI=1S/C14H13ClO2/c15-12-6-4-11(5-7-12)8-9-17-14-3-1-2-13(16)10-14/h1-7,10,16H,8-9H2. The highest BCUT2D eigenvalue weighted by atomic mass is 35.5. The van der Waals surface area contributed by atoms with Crippen molar-refractivity contribution in [3.05, 3.63) is 59.1 Å². The fraction of sp³-hybridized carbons (Fsp3) is 0.143. The van der Waals surface area contributed by atoms with Gasteiger partial charge in [-0.2, -0.15) is 0 Å². The minimum absolute atomic E-state index is 0.217. The van der Waals surface area contributed by atoms with Crippen LogP contribution in [0.2, 0.25) is 5.02 Å². The van der Waals surface area contributed by atoms with Gasteiger partial charge in [-0.15, -0.1) is 0 Å². The Labute approximate surface area is 105 Å². The lowest BCUT2D eigenvalue weighted by molar-refractivity contribution is 0.320. The summed E-state index contributed by atoms with van der Waals surface area (Å²) in [6.07, 6.45) is 0.812. The first-order valence-corrected chi connectivity index (χ1v) is 5.78. The number of phenols is 1. The maximum absolute atomic E-state index is 9.27. The van der Waals surface area contributed by atoms with Crippen molar-refractivity contribution in [3.8, 4) is 11.5 Å². The SMILES string of the molecule is Oc1cccc(OCCc2ccc(Cl)cc2)c1. The maximum atomic E-state index is 9.27. The summed E-state index contributed by atoms with van der Waals surface area (Å²) >= 11 is 5.80. The number of aromatic hydroxyl groups is 1. The van der Waals surface area contributed by atoms with Crippen molar-refractivity contribution in [3.63, 3.8) is 0 Å². The van der Waals surface area contributed by atoms with Crippen LogP contribution in [-0.2, 0) is 6.42 Å². The molecule has 2 rings (SSSR count). The van der Waals surface area contributed by atoms with E-state index in [9.17, 15) is 5.11 Å². The van der Waals surface area contributed by atoms with Crippen LogP contribution in [0, 0.1) is 0 Å². The second-order valence-electron chi connectivity index (χ2n) is 3.72. The molecular weight excluding hydrogens is 236 g/mol. The van der Waals surface area contributed by atoms with E-state index in [0.717, 1.165) is 11.4 Å². The molecule has 0 aliphatic heterocycles. The molecule has 0 amide bonds. The normalized spacial score (nSPS) is 10.2. The topological polar surface area (TPSA) is 29.5 Å². The molecule has 0 aliphatic rings. The number of ether oxygens (including phenoxy) is 1. The highest BCUT2D eigenvalue weighted by Crippen LogP contribution is 2.18. The Bertz CT molecular complexity index is 480. The van der Waals surface area contributed by atoms with Gasteiger partial charge in [-0.05, 0) is 29.8 Å². The third-order valence-corrected chi connectivity index (χ3v) is 2.64. The molecule has 0 aromatic heterocycles. The number of hydrogen-bond acceptors (Lipinski definition) is 2. The molecule has 0 saturated carbocycles. The average Bonchev–Trinajstić information content (AvgIpc) is 2.32. The van der Waals surface area contributed by atoms with Crippen molar-refractivity contribution in [2.75, 3.05) is 6.61 Å². The lowest BCUT2D eigenvalue weighted by Crippen LogP contribution is -2.00. The van der Waals surface area contributed by atoms with Crippen LogP contribution in [-0.4, -0.2) is 11.7 Å². The van der Waals surface area contributed by atoms with E-state index in [1.807, 2.05) is 30.3 Å². The van der Waals surface area contributed by atoms with E-state index in [0.29, 0.717) is 12.4 Å². The molecule has 88 valence electrons. The quantitative estimate of drug-likeness (QED) is 0.895. The van der Waals surface area contributed by atoms with Gasteiger partial charge in [0.2, 0.25) is 0 Å². The van der Waals surface area contributed by atoms with Crippen molar-refractivity contribution in [2.45, 2.75) is 6.42 Å². The maximum Gasteiger partial charge on any atom is 0.122 e. The Balaban J connectivity index is 1.85. The van der Waals surface area contributed by atoms with Gasteiger partial charge in [-0.1, -0.05) is 29.8 Å². The van der Waals surface area contributed by atoms with Crippen LogP contribution >= 0.6 is 11.6 Å². The molecule has 0 spiro atoms. The summed E-state index contributed by atoms with van der Waals surface area (Å²) in [6, 6.07) is 14.5. The van der Waals surface area contributed by atoms with Crippen LogP contribution in [0.3, 0.4) is 0 Å². The Kier molecular flexibility index (Phi) is 3.89. The first kappa shape index (κ1) is 11.8. The van der Waals surface area contributed by atoms with Gasteiger partial charge in [0.1, 0.15) is 11.5 Å². The van der Waals surface area contributed by atoms with Crippen molar-refractivity contribution >= 4 is 11.6 Å². The number of phenolic OH excluding ortho intramolecular Hbond substituents is 1. The van der Waals surface area contributed by atoms with Gasteiger partial charge in [-0.3, -0.25) is 0 Å². The molecule has 2 nitrogen and oxygen atoms in total. The van der Waals surface area contributed by atoms with Crippen LogP contribution in [0.15, 0.2) is 48.5 Å². The Morgan fingerprint density at radius 1 is 1.06 bits per heavy atom. The monoisotopic (exact) mass is 248 g/mol. The summed E-state index contributed by atoms with van der Waals surface area (Å²) in [6.45, 7) is 0.574. The average molecular weight is 249 g/mol. The zero-order chi connectivity index (χ0) is 12.1. The van der Waals surface area contributed by atoms with Gasteiger partial charge < -0.3 is 9.84 Å². The second-order valence-corrected chi connectivity index (χ2v) is 4.16. The molecule has 0 bridgehead atoms. The first-order valence-electron chi connectivity index (χ1n) is 5.40. The summed E-state index contributed by atoms with van der Waals surface area (Å²) < 4.78 is 5.53. The van der Waals surface area contributed by atoms with Crippen molar-refractivity contribution < 1.29 is 9.84 Å². The highest BCUT2D eigenvalue weighted by molar-refractivity contribution is 6.30. The smallest absolute Gasteiger partial charge is 0.122 e. The molecule has 0 heterocycles. The van der Waals surface area contributed by atoms with Gasteiger partial charge in [0, 0.05) is 17.5 Å². The Hall–Kier alpha value is -1.67. The lowest BCUT2D eigenvalue weighted by atomic mass is 10.2. The molecule has 2 aromatic rings. The van der Waals surface area contributed by atoms with Crippen molar-refractivity contribution in [1.82, 2.24) is 0 Å². The molecule has 0 unspecified atom stereocenters. The van der Waals surface area contributed by atoms with Crippen LogP contribution in [0.25, 0.3) is 0 Å². The number of hydrogen-bond donors (Lipinski definition) is 1. The van der Waals surface area contributed by atoms with E-state index in [1.54, 1.807) is 18.2 Å². The van der Waals surface area contributed by atoms with Gasteiger partial charge in [0.25, 0.3) is 0 Å². The van der Waals surface area contributed by atoms with E-state index >= 15 is 0 Å². The summed E-state index contributed by atoms with van der Waals surface area (Å²) in [5.74, 6) is 0.896. The molecule has 0 aliphatic carbocycles. The fourth-order valence-electron chi connectivity index (χ4n) is 1.51. The van der Waals surface area contributed by atoms with Gasteiger partial charge in [0.05, 0.1) is 6.61 Å². The minimum Gasteiger partial charge on any atom is -0.508 e. The van der Waals surface area contributed by atoms with Gasteiger partial charge >= 0.3 is 0 Å². The van der Waals surface area contributed by atoms with Crippen LogP contribution in [0.1, 0.15) is 5.56 Å². The molecule has 0 fully saturated rings. The summed E-state index contributed by atoms with van der Waals surface area (Å²) in [5, 5.41) is 10.0. The summed E-state index contributed by atoms with van der Waals surface area (Å²) in [5.41, 5.74) is 1.18. The van der Waals surface area contributed by atoms with E-state index in [1.165, 1.54) is 5.56 Å². The Morgan fingerprint density at radius 2 is 1.82 bits per heavy atom. The lowest BCUT2D eigenvalue weighted by Gasteiger charge is -2.06. The number of halogens is 1. The first-order chi connectivity index (χ1) is 8.24. The predicted molar refractivity (Wildman–Crippen MR) is 68.8 cm³/mol. The zero-order valence-electron chi connectivity index (χ0n) is 9.27. The van der Waals surface area contributed by atoms with E-state index in [2.05, 4.69) is 0 Å². The Morgan fingerprint density at radius 3 is 2.53 bits per heavy atom. The third-order valence-electron chi connectivity index (χ3n) is 2.39. The van der Waals surface area contributed by atoms with Gasteiger partial charge in [0.15, 0.2) is 0 Å². The number of benzene rings is 2. The van der Waals surface area contributed by atoms with E-state index in [4.69, 9.17) is 16.3 Å². The highest BCUT2D eigenvalue weighted by Gasteiger charge is 1.97. The predicted octanol–water partition coefficient (Wildman–Crippen LogP) is 3.67. The molecule has 3 heteroatoms. The van der Waals surface area contributed by atoms with Gasteiger partial charge in [-0.25, -0.2) is 0 Å². The molecular formula is C14H13ClO2. The van der Waals surface area contributed by atoms with E-state index in [-0.39, 0.29) is 5.75 Å². The number of rotatable bonds is 4. The molecule has 17 heavy (non-hydrogen) atoms. The van der Waals surface area contributed by atoms with Crippen molar-refractivity contribution in [1.29, 1.82) is 0 Å². The summed E-state index contributed by atoms with van der Waals surface area (Å²) in [4.78, 5) is 0. The molecule has 0 atom stereocenters. The van der Waals surface area contributed by atoms with Crippen LogP contribution < -0.4 is 4.74 Å². The molecule has 0 radical (unpaired) electrons. The second kappa shape index (κ2) is 5.60. The van der Waals surface area contributed by atoms with Crippen molar-refractivity contribution in [2.24, 2.45) is 0 Å². The zero-order valence-corrected chi connectivity index (χ0v) is 10.0. The largest absolute Gasteiger partial charge is 0.508 e. The van der Waals surface area contributed by atoms with Crippen LogP contribution in [0.5, 0.6) is 11.5 Å². The fourth-order valence-corrected chi connectivity index (χ4v) is 1.64. The molecule has 0 saturated heterocycles. The molecule has 1 N–H and O–H groups in total. The molecule has 2 aromatic carbocycles. The minimum atomic E-state index is 0.217. The van der Waals surface area contributed by atoms with E-state index < -0.39 is 0 Å².